The number of nitrogens with one attached hydrogen (secondary N) is 2. The Kier molecular flexibility index (Phi) is 10.5. The molecule has 7 nitrogen and oxygen atoms in total. The van der Waals surface area contributed by atoms with Crippen molar-refractivity contribution in [1.82, 2.24) is 10.6 Å². The SMILES string of the molecule is CC[C@H](C)[C@H](NC(=O)[C@@H](CNC=O)O[Si](CC)(CC)CC)C(=O)O. The molecule has 0 aliphatic heterocycles. The van der Waals surface area contributed by atoms with E-state index in [9.17, 15) is 19.5 Å². The van der Waals surface area contributed by atoms with Crippen molar-refractivity contribution in [3.05, 3.63) is 0 Å². The van der Waals surface area contributed by atoms with Crippen LogP contribution in [-0.2, 0) is 18.8 Å². The number of carbonyl (C=O) groups excluding carboxylic acids is 2. The molecule has 0 aromatic rings. The van der Waals surface area contributed by atoms with Crippen LogP contribution in [0.1, 0.15) is 41.0 Å². The summed E-state index contributed by atoms with van der Waals surface area (Å²) in [5, 5.41) is 14.4. The second-order valence-corrected chi connectivity index (χ2v) is 10.8. The first-order chi connectivity index (χ1) is 11.3. The summed E-state index contributed by atoms with van der Waals surface area (Å²) < 4.78 is 6.16. The molecule has 140 valence electrons. The topological polar surface area (TPSA) is 105 Å². The highest BCUT2D eigenvalue weighted by Gasteiger charge is 2.36. The van der Waals surface area contributed by atoms with Gasteiger partial charge in [-0.05, 0) is 24.1 Å². The lowest BCUT2D eigenvalue weighted by Crippen LogP contribution is -2.54. The molecular weight excluding hydrogens is 328 g/mol. The first kappa shape index (κ1) is 22.6. The number of aliphatic carboxylic acids is 1. The molecule has 0 saturated carbocycles. The summed E-state index contributed by atoms with van der Waals surface area (Å²) in [4.78, 5) is 34.6. The van der Waals surface area contributed by atoms with Crippen LogP contribution in [0.3, 0.4) is 0 Å². The molecular formula is C16H32N2O5Si. The summed E-state index contributed by atoms with van der Waals surface area (Å²) in [6.07, 6.45) is 0.278. The third-order valence-corrected chi connectivity index (χ3v) is 9.43. The number of carboxylic acids is 1. The normalized spacial score (nSPS) is 15.2. The van der Waals surface area contributed by atoms with Crippen molar-refractivity contribution in [3.63, 3.8) is 0 Å². The molecule has 0 rings (SSSR count). The third kappa shape index (κ3) is 6.60. The fourth-order valence-electron chi connectivity index (χ4n) is 2.57. The van der Waals surface area contributed by atoms with E-state index in [1.54, 1.807) is 6.92 Å². The molecule has 0 unspecified atom stereocenters. The van der Waals surface area contributed by atoms with Gasteiger partial charge in [0.15, 0.2) is 8.32 Å². The van der Waals surface area contributed by atoms with E-state index in [4.69, 9.17) is 4.43 Å². The van der Waals surface area contributed by atoms with Crippen molar-refractivity contribution >= 4 is 26.6 Å². The van der Waals surface area contributed by atoms with Gasteiger partial charge in [-0.3, -0.25) is 9.59 Å². The highest BCUT2D eigenvalue weighted by atomic mass is 28.4. The Morgan fingerprint density at radius 1 is 1.17 bits per heavy atom. The maximum Gasteiger partial charge on any atom is 0.326 e. The molecule has 0 saturated heterocycles. The molecule has 0 radical (unpaired) electrons. The average molecular weight is 361 g/mol. The highest BCUT2D eigenvalue weighted by Crippen LogP contribution is 2.23. The highest BCUT2D eigenvalue weighted by molar-refractivity contribution is 6.73. The monoisotopic (exact) mass is 360 g/mol. The van der Waals surface area contributed by atoms with Gasteiger partial charge in [0.2, 0.25) is 12.3 Å². The molecule has 2 amide bonds. The summed E-state index contributed by atoms with van der Waals surface area (Å²) in [7, 11) is -2.07. The minimum atomic E-state index is -2.07. The van der Waals surface area contributed by atoms with Gasteiger partial charge in [-0.25, -0.2) is 4.79 Å². The lowest BCUT2D eigenvalue weighted by molar-refractivity contribution is -0.144. The second-order valence-electron chi connectivity index (χ2n) is 6.09. The van der Waals surface area contributed by atoms with Crippen molar-refractivity contribution in [1.29, 1.82) is 0 Å². The molecule has 0 spiro atoms. The van der Waals surface area contributed by atoms with Crippen LogP contribution >= 0.6 is 0 Å². The van der Waals surface area contributed by atoms with Crippen molar-refractivity contribution in [2.24, 2.45) is 5.92 Å². The van der Waals surface area contributed by atoms with Gasteiger partial charge in [0.25, 0.3) is 0 Å². The van der Waals surface area contributed by atoms with E-state index in [2.05, 4.69) is 10.6 Å². The zero-order valence-corrected chi connectivity index (χ0v) is 16.4. The Morgan fingerprint density at radius 3 is 2.08 bits per heavy atom. The van der Waals surface area contributed by atoms with Gasteiger partial charge in [-0.15, -0.1) is 0 Å². The van der Waals surface area contributed by atoms with Crippen LogP contribution in [0.5, 0.6) is 0 Å². The molecule has 8 heteroatoms. The van der Waals surface area contributed by atoms with Gasteiger partial charge in [0, 0.05) is 0 Å². The van der Waals surface area contributed by atoms with Crippen LogP contribution in [-0.4, -0.2) is 50.4 Å². The maximum atomic E-state index is 12.6. The average Bonchev–Trinajstić information content (AvgIpc) is 2.59. The van der Waals surface area contributed by atoms with E-state index < -0.39 is 32.3 Å². The standard InChI is InChI=1S/C16H32N2O5Si/c1-6-12(5)14(16(21)22)18-15(20)13(10-17-11-19)23-24(7-2,8-3)9-4/h11-14H,6-10H2,1-5H3,(H,17,19)(H,18,20)(H,21,22)/t12-,13+,14-/m0/s1. The van der Waals surface area contributed by atoms with E-state index in [0.29, 0.717) is 12.8 Å². The molecule has 0 aromatic carbocycles. The van der Waals surface area contributed by atoms with Crippen LogP contribution in [0, 0.1) is 5.92 Å². The van der Waals surface area contributed by atoms with E-state index in [0.717, 1.165) is 18.1 Å². The van der Waals surface area contributed by atoms with Crippen molar-refractivity contribution in [2.45, 2.75) is 71.3 Å². The fraction of sp³-hybridized carbons (Fsp3) is 0.812. The van der Waals surface area contributed by atoms with E-state index in [1.807, 2.05) is 27.7 Å². The molecule has 0 aliphatic rings. The van der Waals surface area contributed by atoms with Gasteiger partial charge >= 0.3 is 5.97 Å². The Labute approximate surface area is 145 Å². The Hall–Kier alpha value is -1.41. The minimum absolute atomic E-state index is 0.0386. The largest absolute Gasteiger partial charge is 0.480 e. The molecule has 3 atom stereocenters. The molecule has 0 heterocycles. The Morgan fingerprint density at radius 2 is 1.71 bits per heavy atom. The second kappa shape index (κ2) is 11.2. The van der Waals surface area contributed by atoms with Gasteiger partial charge in [-0.2, -0.15) is 0 Å². The van der Waals surface area contributed by atoms with Crippen molar-refractivity contribution < 1.29 is 23.9 Å². The van der Waals surface area contributed by atoms with E-state index >= 15 is 0 Å². The number of carboxylic acid groups (broad SMARTS) is 1. The zero-order chi connectivity index (χ0) is 18.8. The predicted molar refractivity (Wildman–Crippen MR) is 95.2 cm³/mol. The first-order valence-corrected chi connectivity index (χ1v) is 11.2. The molecule has 0 aliphatic carbocycles. The van der Waals surface area contributed by atoms with Crippen LogP contribution in [0.2, 0.25) is 18.1 Å². The number of carbonyl (C=O) groups is 3. The Bertz CT molecular complexity index is 407. The Balaban J connectivity index is 5.24. The van der Waals surface area contributed by atoms with Crippen molar-refractivity contribution in [3.8, 4) is 0 Å². The first-order valence-electron chi connectivity index (χ1n) is 8.68. The minimum Gasteiger partial charge on any atom is -0.480 e. The number of hydrogen-bond donors (Lipinski definition) is 3. The summed E-state index contributed by atoms with van der Waals surface area (Å²) in [6, 6.07) is 1.61. The summed E-state index contributed by atoms with van der Waals surface area (Å²) in [6.45, 7) is 9.82. The molecule has 0 aromatic heterocycles. The van der Waals surface area contributed by atoms with Crippen LogP contribution < -0.4 is 10.6 Å². The van der Waals surface area contributed by atoms with Gasteiger partial charge < -0.3 is 20.2 Å². The van der Waals surface area contributed by atoms with Crippen molar-refractivity contribution in [2.75, 3.05) is 6.54 Å². The van der Waals surface area contributed by atoms with E-state index in [-0.39, 0.29) is 12.5 Å². The summed E-state index contributed by atoms with van der Waals surface area (Å²) >= 11 is 0. The lowest BCUT2D eigenvalue weighted by atomic mass is 9.99. The third-order valence-electron chi connectivity index (χ3n) is 4.78. The molecule has 3 N–H and O–H groups in total. The number of amides is 2. The van der Waals surface area contributed by atoms with Crippen LogP contribution in [0.25, 0.3) is 0 Å². The summed E-state index contributed by atoms with van der Waals surface area (Å²) in [5.74, 6) is -1.74. The zero-order valence-electron chi connectivity index (χ0n) is 15.4. The van der Waals surface area contributed by atoms with Crippen LogP contribution in [0.4, 0.5) is 0 Å². The lowest BCUT2D eigenvalue weighted by Gasteiger charge is -2.33. The van der Waals surface area contributed by atoms with Gasteiger partial charge in [-0.1, -0.05) is 41.0 Å². The quantitative estimate of drug-likeness (QED) is 0.343. The molecule has 0 fully saturated rings. The maximum absolute atomic E-state index is 12.6. The predicted octanol–water partition coefficient (Wildman–Crippen LogP) is 1.74. The van der Waals surface area contributed by atoms with E-state index in [1.165, 1.54) is 0 Å². The van der Waals surface area contributed by atoms with Gasteiger partial charge in [0.05, 0.1) is 6.54 Å². The fourth-order valence-corrected chi connectivity index (χ4v) is 5.37. The molecule has 0 bridgehead atoms. The van der Waals surface area contributed by atoms with Crippen LogP contribution in [0.15, 0.2) is 0 Å². The summed E-state index contributed by atoms with van der Waals surface area (Å²) in [5.41, 5.74) is 0. The number of rotatable bonds is 13. The van der Waals surface area contributed by atoms with Gasteiger partial charge in [0.1, 0.15) is 12.1 Å². The number of hydrogen-bond acceptors (Lipinski definition) is 4. The smallest absolute Gasteiger partial charge is 0.326 e. The molecule has 24 heavy (non-hydrogen) atoms.